The molecule has 0 aliphatic rings. The van der Waals surface area contributed by atoms with Crippen LogP contribution in [-0.4, -0.2) is 37.7 Å². The van der Waals surface area contributed by atoms with Crippen molar-refractivity contribution in [3.05, 3.63) is 17.8 Å². The highest BCUT2D eigenvalue weighted by Gasteiger charge is 2.19. The minimum absolute atomic E-state index is 0.0234. The van der Waals surface area contributed by atoms with E-state index in [-0.39, 0.29) is 5.41 Å². The van der Waals surface area contributed by atoms with E-state index in [1.54, 1.807) is 13.2 Å². The maximum absolute atomic E-state index is 5.72. The molecule has 0 saturated carbocycles. The van der Waals surface area contributed by atoms with Gasteiger partial charge in [0, 0.05) is 32.2 Å². The van der Waals surface area contributed by atoms with Gasteiger partial charge in [-0.2, -0.15) is 0 Å². The monoisotopic (exact) mass is 296 g/mol. The average molecular weight is 296 g/mol. The van der Waals surface area contributed by atoms with Gasteiger partial charge >= 0.3 is 0 Å². The van der Waals surface area contributed by atoms with Crippen LogP contribution in [0.25, 0.3) is 0 Å². The van der Waals surface area contributed by atoms with E-state index in [4.69, 9.17) is 9.15 Å². The number of rotatable bonds is 7. The van der Waals surface area contributed by atoms with E-state index in [2.05, 4.69) is 41.4 Å². The van der Waals surface area contributed by atoms with E-state index >= 15 is 0 Å². The van der Waals surface area contributed by atoms with Gasteiger partial charge in [0.15, 0.2) is 5.96 Å². The Balaban J connectivity index is 2.33. The fourth-order valence-electron chi connectivity index (χ4n) is 1.64. The number of guanidine groups is 1. The first-order valence-electron chi connectivity index (χ1n) is 7.44. The standard InChI is InChI=1S/C15H28N4O2/c1-6-20-9-7-8-17-14(16-5)19-11-13-18-10-12(21-13)15(2,3)4/h10H,6-9,11H2,1-5H3,(H2,16,17,19). The third-order valence-corrected chi connectivity index (χ3v) is 2.89. The molecule has 0 saturated heterocycles. The molecule has 2 N–H and O–H groups in total. The maximum Gasteiger partial charge on any atom is 0.213 e. The Kier molecular flexibility index (Phi) is 7.22. The van der Waals surface area contributed by atoms with E-state index in [0.717, 1.165) is 37.9 Å². The van der Waals surface area contributed by atoms with Gasteiger partial charge in [0.05, 0.1) is 12.7 Å². The van der Waals surface area contributed by atoms with Crippen molar-refractivity contribution in [3.8, 4) is 0 Å². The Labute approximate surface area is 127 Å². The molecule has 0 aromatic carbocycles. The molecule has 0 radical (unpaired) electrons. The van der Waals surface area contributed by atoms with Gasteiger partial charge in [0.25, 0.3) is 0 Å². The van der Waals surface area contributed by atoms with Gasteiger partial charge in [-0.15, -0.1) is 0 Å². The summed E-state index contributed by atoms with van der Waals surface area (Å²) >= 11 is 0. The molecule has 0 aliphatic carbocycles. The fourth-order valence-corrected chi connectivity index (χ4v) is 1.64. The van der Waals surface area contributed by atoms with Crippen LogP contribution in [0.3, 0.4) is 0 Å². The second kappa shape index (κ2) is 8.67. The van der Waals surface area contributed by atoms with Crippen molar-refractivity contribution < 1.29 is 9.15 Å². The number of aliphatic imine (C=N–C) groups is 1. The summed E-state index contributed by atoms with van der Waals surface area (Å²) in [6, 6.07) is 0. The normalized spacial score (nSPS) is 12.5. The topological polar surface area (TPSA) is 71.7 Å². The number of ether oxygens (including phenoxy) is 1. The van der Waals surface area contributed by atoms with Crippen LogP contribution >= 0.6 is 0 Å². The van der Waals surface area contributed by atoms with Gasteiger partial charge < -0.3 is 19.8 Å². The SMILES string of the molecule is CCOCCCNC(=NC)NCc1ncc(C(C)(C)C)o1. The largest absolute Gasteiger partial charge is 0.443 e. The highest BCUT2D eigenvalue weighted by Crippen LogP contribution is 2.22. The lowest BCUT2D eigenvalue weighted by atomic mass is 9.94. The number of oxazole rings is 1. The van der Waals surface area contributed by atoms with Gasteiger partial charge in [0.1, 0.15) is 5.76 Å². The van der Waals surface area contributed by atoms with Gasteiger partial charge in [-0.25, -0.2) is 4.98 Å². The summed E-state index contributed by atoms with van der Waals surface area (Å²) in [4.78, 5) is 8.44. The highest BCUT2D eigenvalue weighted by atomic mass is 16.5. The van der Waals surface area contributed by atoms with Gasteiger partial charge in [-0.3, -0.25) is 4.99 Å². The lowest BCUT2D eigenvalue weighted by molar-refractivity contribution is 0.145. The van der Waals surface area contributed by atoms with E-state index < -0.39 is 0 Å². The predicted molar refractivity (Wildman–Crippen MR) is 84.5 cm³/mol. The van der Waals surface area contributed by atoms with Crippen molar-refractivity contribution in [1.82, 2.24) is 15.6 Å². The molecule has 6 nitrogen and oxygen atoms in total. The molecule has 0 unspecified atom stereocenters. The number of nitrogens with zero attached hydrogens (tertiary/aromatic N) is 2. The first-order valence-corrected chi connectivity index (χ1v) is 7.44. The lowest BCUT2D eigenvalue weighted by Crippen LogP contribution is -2.37. The van der Waals surface area contributed by atoms with E-state index in [1.165, 1.54) is 0 Å². The van der Waals surface area contributed by atoms with Crippen molar-refractivity contribution in [2.45, 2.75) is 46.1 Å². The van der Waals surface area contributed by atoms with Crippen LogP contribution in [0.4, 0.5) is 0 Å². The first kappa shape index (κ1) is 17.5. The fraction of sp³-hybridized carbons (Fsp3) is 0.733. The quantitative estimate of drug-likeness (QED) is 0.458. The zero-order valence-corrected chi connectivity index (χ0v) is 13.8. The molecule has 120 valence electrons. The minimum atomic E-state index is -0.0234. The Morgan fingerprint density at radius 1 is 1.38 bits per heavy atom. The molecular formula is C15H28N4O2. The molecule has 0 amide bonds. The van der Waals surface area contributed by atoms with Crippen molar-refractivity contribution in [1.29, 1.82) is 0 Å². The summed E-state index contributed by atoms with van der Waals surface area (Å²) < 4.78 is 11.0. The third-order valence-electron chi connectivity index (χ3n) is 2.89. The Morgan fingerprint density at radius 2 is 2.14 bits per heavy atom. The molecule has 0 atom stereocenters. The summed E-state index contributed by atoms with van der Waals surface area (Å²) in [6.07, 6.45) is 2.73. The molecular weight excluding hydrogens is 268 g/mol. The average Bonchev–Trinajstić information content (AvgIpc) is 2.91. The molecule has 1 rings (SSSR count). The van der Waals surface area contributed by atoms with Crippen molar-refractivity contribution in [2.75, 3.05) is 26.8 Å². The van der Waals surface area contributed by atoms with Crippen molar-refractivity contribution in [2.24, 2.45) is 4.99 Å². The zero-order chi connectivity index (χ0) is 15.7. The Bertz CT molecular complexity index is 435. The summed E-state index contributed by atoms with van der Waals surface area (Å²) in [6.45, 7) is 11.1. The molecule has 0 spiro atoms. The summed E-state index contributed by atoms with van der Waals surface area (Å²) in [5, 5.41) is 6.41. The van der Waals surface area contributed by atoms with Gasteiger partial charge in [-0.05, 0) is 13.3 Å². The molecule has 1 heterocycles. The molecule has 21 heavy (non-hydrogen) atoms. The number of hydrogen-bond acceptors (Lipinski definition) is 4. The van der Waals surface area contributed by atoms with E-state index in [9.17, 15) is 0 Å². The smallest absolute Gasteiger partial charge is 0.213 e. The van der Waals surface area contributed by atoms with E-state index in [0.29, 0.717) is 12.4 Å². The highest BCUT2D eigenvalue weighted by molar-refractivity contribution is 5.79. The molecule has 1 aromatic rings. The number of nitrogens with one attached hydrogen (secondary N) is 2. The molecule has 0 bridgehead atoms. The minimum Gasteiger partial charge on any atom is -0.443 e. The summed E-state index contributed by atoms with van der Waals surface area (Å²) in [5.74, 6) is 2.29. The summed E-state index contributed by atoms with van der Waals surface area (Å²) in [5.41, 5.74) is -0.0234. The Hall–Kier alpha value is -1.56. The number of aromatic nitrogens is 1. The van der Waals surface area contributed by atoms with Crippen LogP contribution in [0.1, 0.15) is 45.8 Å². The van der Waals surface area contributed by atoms with Crippen molar-refractivity contribution >= 4 is 5.96 Å². The Morgan fingerprint density at radius 3 is 2.71 bits per heavy atom. The van der Waals surface area contributed by atoms with Crippen LogP contribution in [0, 0.1) is 0 Å². The maximum atomic E-state index is 5.72. The number of hydrogen-bond donors (Lipinski definition) is 2. The second-order valence-corrected chi connectivity index (χ2v) is 5.77. The van der Waals surface area contributed by atoms with E-state index in [1.807, 2.05) is 6.92 Å². The van der Waals surface area contributed by atoms with Crippen LogP contribution in [0.5, 0.6) is 0 Å². The first-order chi connectivity index (χ1) is 9.97. The van der Waals surface area contributed by atoms with Crippen LogP contribution in [0.15, 0.2) is 15.6 Å². The molecule has 0 fully saturated rings. The zero-order valence-electron chi connectivity index (χ0n) is 13.8. The third kappa shape index (κ3) is 6.62. The predicted octanol–water partition coefficient (Wildman–Crippen LogP) is 2.06. The molecule has 0 aliphatic heterocycles. The van der Waals surface area contributed by atoms with Crippen LogP contribution < -0.4 is 10.6 Å². The second-order valence-electron chi connectivity index (χ2n) is 5.77. The van der Waals surface area contributed by atoms with Crippen LogP contribution in [0.2, 0.25) is 0 Å². The van der Waals surface area contributed by atoms with Crippen LogP contribution in [-0.2, 0) is 16.7 Å². The lowest BCUT2D eigenvalue weighted by Gasteiger charge is -2.13. The van der Waals surface area contributed by atoms with Gasteiger partial charge in [-0.1, -0.05) is 20.8 Å². The molecule has 6 heteroatoms. The van der Waals surface area contributed by atoms with Gasteiger partial charge in [0.2, 0.25) is 5.89 Å². The summed E-state index contributed by atoms with van der Waals surface area (Å²) in [7, 11) is 1.74. The van der Waals surface area contributed by atoms with Crippen molar-refractivity contribution in [3.63, 3.8) is 0 Å². The molecule has 1 aromatic heterocycles.